The molecule has 112 valence electrons. The molecule has 0 fully saturated rings. The summed E-state index contributed by atoms with van der Waals surface area (Å²) in [6, 6.07) is 7.34. The summed E-state index contributed by atoms with van der Waals surface area (Å²) >= 11 is 0. The van der Waals surface area contributed by atoms with Crippen molar-refractivity contribution in [2.24, 2.45) is 0 Å². The smallest absolute Gasteiger partial charge is 0.335 e. The van der Waals surface area contributed by atoms with Gasteiger partial charge in [-0.2, -0.15) is 0 Å². The number of benzene rings is 1. The van der Waals surface area contributed by atoms with Crippen molar-refractivity contribution in [1.29, 1.82) is 0 Å². The Morgan fingerprint density at radius 1 is 1.14 bits per heavy atom. The molecule has 0 N–H and O–H groups in total. The molecule has 21 heavy (non-hydrogen) atoms. The Balaban J connectivity index is 0.000000400. The van der Waals surface area contributed by atoms with E-state index < -0.39 is 5.97 Å². The molecule has 1 rings (SSSR count). The van der Waals surface area contributed by atoms with Gasteiger partial charge in [0, 0.05) is 12.2 Å². The number of hydrogen-bond donors (Lipinski definition) is 0. The average Bonchev–Trinajstić information content (AvgIpc) is 2.50. The van der Waals surface area contributed by atoms with Crippen LogP contribution in [0.25, 0.3) is 0 Å². The van der Waals surface area contributed by atoms with Crippen molar-refractivity contribution in [2.75, 3.05) is 6.61 Å². The lowest BCUT2D eigenvalue weighted by Gasteiger charge is -2.03. The van der Waals surface area contributed by atoms with E-state index in [4.69, 9.17) is 4.74 Å². The van der Waals surface area contributed by atoms with Gasteiger partial charge in [0.2, 0.25) is 0 Å². The van der Waals surface area contributed by atoms with Crippen LogP contribution in [0, 0.1) is 6.92 Å². The summed E-state index contributed by atoms with van der Waals surface area (Å²) in [6.07, 6.45) is 5.85. The zero-order valence-electron chi connectivity index (χ0n) is 12.4. The SMILES string of the molecule is C=CC(=O)OCC=CC.C=CC(=O)Oc1ccccc1C. The minimum atomic E-state index is -0.427. The molecule has 0 heterocycles. The van der Waals surface area contributed by atoms with E-state index >= 15 is 0 Å². The molecular formula is C17H20O4. The van der Waals surface area contributed by atoms with E-state index in [0.717, 1.165) is 17.7 Å². The molecule has 0 spiro atoms. The molecule has 0 bridgehead atoms. The molecule has 1 aromatic rings. The standard InChI is InChI=1S/C10H10O2.C7H10O2/c1-3-10(11)12-9-7-5-4-6-8(9)2;1-3-5-6-9-7(8)4-2/h3-7H,1H2,2H3;3-5H,2,6H2,1H3. The second-order valence-electron chi connectivity index (χ2n) is 3.79. The van der Waals surface area contributed by atoms with E-state index in [1.54, 1.807) is 12.1 Å². The van der Waals surface area contributed by atoms with Crippen molar-refractivity contribution in [3.05, 3.63) is 67.3 Å². The van der Waals surface area contributed by atoms with Crippen LogP contribution in [0.5, 0.6) is 5.75 Å². The first-order chi connectivity index (χ1) is 10.0. The van der Waals surface area contributed by atoms with E-state index in [0.29, 0.717) is 12.4 Å². The molecule has 0 aliphatic heterocycles. The van der Waals surface area contributed by atoms with Gasteiger partial charge in [0.15, 0.2) is 0 Å². The Bertz CT molecular complexity index is 515. The maximum atomic E-state index is 10.8. The van der Waals surface area contributed by atoms with E-state index in [1.807, 2.05) is 38.1 Å². The van der Waals surface area contributed by atoms with Crippen LogP contribution in [0.15, 0.2) is 61.7 Å². The van der Waals surface area contributed by atoms with E-state index in [1.165, 1.54) is 0 Å². The molecule has 0 saturated heterocycles. The summed E-state index contributed by atoms with van der Waals surface area (Å²) in [6.45, 7) is 10.6. The lowest BCUT2D eigenvalue weighted by molar-refractivity contribution is -0.136. The summed E-state index contributed by atoms with van der Waals surface area (Å²) < 4.78 is 9.53. The van der Waals surface area contributed by atoms with E-state index in [9.17, 15) is 9.59 Å². The van der Waals surface area contributed by atoms with Gasteiger partial charge in [-0.3, -0.25) is 0 Å². The third kappa shape index (κ3) is 8.99. The van der Waals surface area contributed by atoms with Crippen LogP contribution in [-0.2, 0) is 14.3 Å². The first kappa shape index (κ1) is 18.4. The molecule has 0 aliphatic rings. The minimum Gasteiger partial charge on any atom is -0.458 e. The van der Waals surface area contributed by atoms with Crippen LogP contribution in [-0.4, -0.2) is 18.5 Å². The Morgan fingerprint density at radius 3 is 2.29 bits per heavy atom. The predicted molar refractivity (Wildman–Crippen MR) is 83.0 cm³/mol. The topological polar surface area (TPSA) is 52.6 Å². The minimum absolute atomic E-state index is 0.335. The number of hydrogen-bond acceptors (Lipinski definition) is 4. The fraction of sp³-hybridized carbons (Fsp3) is 0.176. The van der Waals surface area contributed by atoms with Crippen LogP contribution in [0.2, 0.25) is 0 Å². The highest BCUT2D eigenvalue weighted by Crippen LogP contribution is 2.15. The molecule has 0 saturated carbocycles. The van der Waals surface area contributed by atoms with Crippen molar-refractivity contribution >= 4 is 11.9 Å². The van der Waals surface area contributed by atoms with Crippen molar-refractivity contribution in [2.45, 2.75) is 13.8 Å². The molecule has 0 radical (unpaired) electrons. The van der Waals surface area contributed by atoms with E-state index in [-0.39, 0.29) is 5.97 Å². The zero-order valence-corrected chi connectivity index (χ0v) is 12.4. The Morgan fingerprint density at radius 2 is 1.76 bits per heavy atom. The molecule has 0 aliphatic carbocycles. The second-order valence-corrected chi connectivity index (χ2v) is 3.79. The number of esters is 2. The number of allylic oxidation sites excluding steroid dienone is 1. The Labute approximate surface area is 125 Å². The normalized spacial score (nSPS) is 9.24. The lowest BCUT2D eigenvalue weighted by atomic mass is 10.2. The molecule has 0 atom stereocenters. The van der Waals surface area contributed by atoms with Crippen molar-refractivity contribution < 1.29 is 19.1 Å². The van der Waals surface area contributed by atoms with Crippen LogP contribution in [0.3, 0.4) is 0 Å². The fourth-order valence-corrected chi connectivity index (χ4v) is 1.11. The van der Waals surface area contributed by atoms with Gasteiger partial charge < -0.3 is 9.47 Å². The van der Waals surface area contributed by atoms with Gasteiger partial charge >= 0.3 is 11.9 Å². The number of ether oxygens (including phenoxy) is 2. The van der Waals surface area contributed by atoms with E-state index in [2.05, 4.69) is 17.9 Å². The van der Waals surface area contributed by atoms with Crippen LogP contribution < -0.4 is 4.74 Å². The molecule has 4 nitrogen and oxygen atoms in total. The van der Waals surface area contributed by atoms with Gasteiger partial charge in [-0.05, 0) is 25.5 Å². The third-order valence-electron chi connectivity index (χ3n) is 2.19. The zero-order chi connectivity index (χ0) is 16.1. The first-order valence-corrected chi connectivity index (χ1v) is 6.35. The number of carbonyl (C=O) groups is 2. The monoisotopic (exact) mass is 288 g/mol. The highest BCUT2D eigenvalue weighted by Gasteiger charge is 2.00. The van der Waals surface area contributed by atoms with Crippen molar-refractivity contribution in [3.8, 4) is 5.75 Å². The Hall–Kier alpha value is -2.62. The highest BCUT2D eigenvalue weighted by atomic mass is 16.5. The van der Waals surface area contributed by atoms with Crippen molar-refractivity contribution in [3.63, 3.8) is 0 Å². The quantitative estimate of drug-likeness (QED) is 0.361. The van der Waals surface area contributed by atoms with Gasteiger partial charge in [-0.1, -0.05) is 43.5 Å². The molecule has 0 unspecified atom stereocenters. The van der Waals surface area contributed by atoms with Crippen LogP contribution >= 0.6 is 0 Å². The molecule has 4 heteroatoms. The molecule has 1 aromatic carbocycles. The maximum absolute atomic E-state index is 10.8. The first-order valence-electron chi connectivity index (χ1n) is 6.35. The van der Waals surface area contributed by atoms with Crippen LogP contribution in [0.1, 0.15) is 12.5 Å². The molecule has 0 amide bonds. The number of carbonyl (C=O) groups excluding carboxylic acids is 2. The number of aryl methyl sites for hydroxylation is 1. The predicted octanol–water partition coefficient (Wildman–Crippen LogP) is 3.38. The number of rotatable bonds is 5. The van der Waals surface area contributed by atoms with Crippen molar-refractivity contribution in [1.82, 2.24) is 0 Å². The maximum Gasteiger partial charge on any atom is 0.335 e. The Kier molecular flexibility index (Phi) is 9.83. The third-order valence-corrected chi connectivity index (χ3v) is 2.19. The fourth-order valence-electron chi connectivity index (χ4n) is 1.11. The number of para-hydroxylation sites is 1. The van der Waals surface area contributed by atoms with Gasteiger partial charge in [0.05, 0.1) is 0 Å². The largest absolute Gasteiger partial charge is 0.458 e. The van der Waals surface area contributed by atoms with Gasteiger partial charge in [0.1, 0.15) is 12.4 Å². The van der Waals surface area contributed by atoms with Gasteiger partial charge in [0.25, 0.3) is 0 Å². The summed E-state index contributed by atoms with van der Waals surface area (Å²) in [4.78, 5) is 21.1. The second kappa shape index (κ2) is 11.2. The summed E-state index contributed by atoms with van der Waals surface area (Å²) in [5.41, 5.74) is 0.938. The van der Waals surface area contributed by atoms with Gasteiger partial charge in [-0.15, -0.1) is 0 Å². The summed E-state index contributed by atoms with van der Waals surface area (Å²) in [5.74, 6) is -0.222. The highest BCUT2D eigenvalue weighted by molar-refractivity contribution is 5.83. The average molecular weight is 288 g/mol. The summed E-state index contributed by atoms with van der Waals surface area (Å²) in [5, 5.41) is 0. The van der Waals surface area contributed by atoms with Crippen LogP contribution in [0.4, 0.5) is 0 Å². The lowest BCUT2D eigenvalue weighted by Crippen LogP contribution is -2.03. The summed E-state index contributed by atoms with van der Waals surface area (Å²) in [7, 11) is 0. The molecular weight excluding hydrogens is 268 g/mol. The molecule has 0 aromatic heterocycles. The van der Waals surface area contributed by atoms with Gasteiger partial charge in [-0.25, -0.2) is 9.59 Å².